The molecule has 3 aromatic carbocycles. The third kappa shape index (κ3) is 5.38. The first-order valence-corrected chi connectivity index (χ1v) is 13.7. The molecule has 0 fully saturated rings. The van der Waals surface area contributed by atoms with E-state index in [0.29, 0.717) is 29.6 Å². The number of aromatic nitrogens is 3. The molecule has 6 rings (SSSR count). The minimum Gasteiger partial charge on any atom is -0.260 e. The lowest BCUT2D eigenvalue weighted by atomic mass is 10.1. The lowest BCUT2D eigenvalue weighted by Crippen LogP contribution is -2.24. The summed E-state index contributed by atoms with van der Waals surface area (Å²) in [5, 5.41) is 4.84. The maximum atomic E-state index is 4.99. The van der Waals surface area contributed by atoms with Crippen molar-refractivity contribution < 1.29 is 0 Å². The van der Waals surface area contributed by atoms with Gasteiger partial charge < -0.3 is 0 Å². The van der Waals surface area contributed by atoms with Gasteiger partial charge in [-0.05, 0) is 42.6 Å². The Hall–Kier alpha value is -5.62. The first-order chi connectivity index (χ1) is 20.6. The predicted molar refractivity (Wildman–Crippen MR) is 176 cm³/mol. The number of amidine groups is 2. The van der Waals surface area contributed by atoms with Crippen LogP contribution < -0.4 is 10.4 Å². The Morgan fingerprint density at radius 3 is 2.17 bits per heavy atom. The summed E-state index contributed by atoms with van der Waals surface area (Å²) in [4.78, 5) is 28.6. The van der Waals surface area contributed by atoms with Crippen LogP contribution in [0.25, 0.3) is 45.4 Å². The number of rotatable bonds is 5. The van der Waals surface area contributed by atoms with Crippen LogP contribution in [0, 0.1) is 0 Å². The second-order valence-electron chi connectivity index (χ2n) is 9.72. The van der Waals surface area contributed by atoms with Gasteiger partial charge in [-0.3, -0.25) is 9.98 Å². The molecule has 0 unspecified atom stereocenters. The van der Waals surface area contributed by atoms with Crippen molar-refractivity contribution in [2.24, 2.45) is 15.0 Å². The van der Waals surface area contributed by atoms with E-state index in [1.165, 1.54) is 0 Å². The molecule has 42 heavy (non-hydrogen) atoms. The first-order valence-electron chi connectivity index (χ1n) is 13.7. The van der Waals surface area contributed by atoms with Crippen molar-refractivity contribution in [3.05, 3.63) is 137 Å². The summed E-state index contributed by atoms with van der Waals surface area (Å²) in [6, 6.07) is 30.0. The fourth-order valence-electron chi connectivity index (χ4n) is 4.79. The van der Waals surface area contributed by atoms with Gasteiger partial charge in [-0.15, -0.1) is 0 Å². The third-order valence-corrected chi connectivity index (χ3v) is 6.98. The molecule has 6 nitrogen and oxygen atoms in total. The van der Waals surface area contributed by atoms with Gasteiger partial charge >= 0.3 is 0 Å². The molecule has 0 radical (unpaired) electrons. The average Bonchev–Trinajstić information content (AvgIpc) is 3.05. The molecule has 6 heteroatoms. The molecule has 0 amide bonds. The summed E-state index contributed by atoms with van der Waals surface area (Å²) in [5.41, 5.74) is 4.64. The van der Waals surface area contributed by atoms with E-state index in [2.05, 4.69) is 29.3 Å². The van der Waals surface area contributed by atoms with Gasteiger partial charge in [0.15, 0.2) is 11.7 Å². The topological polar surface area (TPSA) is 75.8 Å². The number of hydrogen-bond donors (Lipinski definition) is 0. The number of benzene rings is 3. The highest BCUT2D eigenvalue weighted by Crippen LogP contribution is 2.22. The van der Waals surface area contributed by atoms with Gasteiger partial charge in [-0.25, -0.2) is 20.0 Å². The van der Waals surface area contributed by atoms with Gasteiger partial charge in [0.05, 0.1) is 23.1 Å². The molecule has 3 aromatic heterocycles. The number of pyridine rings is 3. The van der Waals surface area contributed by atoms with Crippen LogP contribution in [-0.4, -0.2) is 33.3 Å². The minimum absolute atomic E-state index is 0.351. The van der Waals surface area contributed by atoms with Gasteiger partial charge in [0.25, 0.3) is 0 Å². The Kier molecular flexibility index (Phi) is 7.51. The summed E-state index contributed by atoms with van der Waals surface area (Å²) < 4.78 is 0. The molecular weight excluding hydrogens is 516 g/mol. The predicted octanol–water partition coefficient (Wildman–Crippen LogP) is 6.19. The van der Waals surface area contributed by atoms with E-state index >= 15 is 0 Å². The molecule has 0 saturated carbocycles. The van der Waals surface area contributed by atoms with E-state index in [4.69, 9.17) is 20.0 Å². The summed E-state index contributed by atoms with van der Waals surface area (Å²) in [6.07, 6.45) is 7.78. The van der Waals surface area contributed by atoms with Crippen molar-refractivity contribution >= 4 is 63.8 Å². The van der Waals surface area contributed by atoms with Gasteiger partial charge in [0.1, 0.15) is 11.4 Å². The average molecular weight is 545 g/mol. The monoisotopic (exact) mass is 544 g/mol. The largest absolute Gasteiger partial charge is 0.260 e. The van der Waals surface area contributed by atoms with Crippen molar-refractivity contribution in [2.45, 2.75) is 13.5 Å². The molecule has 0 atom stereocenters. The second kappa shape index (κ2) is 11.9. The lowest BCUT2D eigenvalue weighted by molar-refractivity contribution is 1.06. The van der Waals surface area contributed by atoms with Crippen LogP contribution >= 0.6 is 0 Å². The van der Waals surface area contributed by atoms with Gasteiger partial charge in [0.2, 0.25) is 0 Å². The van der Waals surface area contributed by atoms with E-state index in [-0.39, 0.29) is 0 Å². The molecule has 0 spiro atoms. The standard InChI is InChI=1S/C36H28N6/c1-4-5-12-26-14-15-28-18-21-31(40-32(28)24(26)2)36(39-23-25-10-7-6-8-11-25)42-35(37-3)30-20-19-29-17-16-27-13-9-22-38-33(27)34(29)41-30/h4-22H,2-3,23H2,1H3/b5-4-,26-12-,39-36?,42-35?. The first kappa shape index (κ1) is 26.6. The third-order valence-electron chi connectivity index (χ3n) is 6.98. The quantitative estimate of drug-likeness (QED) is 0.147. The SMILES string of the molecule is C=NC(=NC(=NCc1ccccc1)c1ccc2cc/c(=C/C=C\C)c(=C)c2n1)c1ccc2ccc3cccnc3c2n1. The Labute approximate surface area is 243 Å². The highest BCUT2D eigenvalue weighted by atomic mass is 15.0. The smallest absolute Gasteiger partial charge is 0.179 e. The van der Waals surface area contributed by atoms with Crippen molar-refractivity contribution in [3.63, 3.8) is 0 Å². The van der Waals surface area contributed by atoms with E-state index < -0.39 is 0 Å². The molecule has 0 aliphatic heterocycles. The Morgan fingerprint density at radius 2 is 1.40 bits per heavy atom. The molecule has 0 bridgehead atoms. The summed E-state index contributed by atoms with van der Waals surface area (Å²) in [5.74, 6) is 0.784. The van der Waals surface area contributed by atoms with Gasteiger partial charge in [-0.1, -0.05) is 97.6 Å². The molecule has 0 aliphatic carbocycles. The lowest BCUT2D eigenvalue weighted by Gasteiger charge is -2.08. The summed E-state index contributed by atoms with van der Waals surface area (Å²) in [7, 11) is 0. The van der Waals surface area contributed by atoms with Gasteiger partial charge in [-0.2, -0.15) is 0 Å². The highest BCUT2D eigenvalue weighted by molar-refractivity contribution is 6.13. The maximum absolute atomic E-state index is 4.99. The molecule has 202 valence electrons. The summed E-state index contributed by atoms with van der Waals surface area (Å²) >= 11 is 0. The normalized spacial score (nSPS) is 13.0. The fourth-order valence-corrected chi connectivity index (χ4v) is 4.79. The van der Waals surface area contributed by atoms with Crippen molar-refractivity contribution in [3.8, 4) is 0 Å². The van der Waals surface area contributed by atoms with Crippen molar-refractivity contribution in [1.29, 1.82) is 0 Å². The molecule has 0 saturated heterocycles. The van der Waals surface area contributed by atoms with Crippen LogP contribution in [0.1, 0.15) is 23.9 Å². The fraction of sp³-hybridized carbons (Fsp3) is 0.0556. The molecule has 0 N–H and O–H groups in total. The Bertz CT molecular complexity index is 2160. The van der Waals surface area contributed by atoms with Crippen molar-refractivity contribution in [1.82, 2.24) is 15.0 Å². The summed E-state index contributed by atoms with van der Waals surface area (Å²) in [6.45, 7) is 10.6. The zero-order valence-electron chi connectivity index (χ0n) is 23.3. The number of nitrogens with zero attached hydrogens (tertiary/aromatic N) is 6. The molecule has 6 aromatic rings. The molecule has 3 heterocycles. The van der Waals surface area contributed by atoms with E-state index in [1.807, 2.05) is 110 Å². The Balaban J connectivity index is 1.51. The maximum Gasteiger partial charge on any atom is 0.179 e. The second-order valence-corrected chi connectivity index (χ2v) is 9.72. The Morgan fingerprint density at radius 1 is 0.738 bits per heavy atom. The number of fused-ring (bicyclic) bond motifs is 4. The van der Waals surface area contributed by atoms with E-state index in [9.17, 15) is 0 Å². The van der Waals surface area contributed by atoms with Crippen LogP contribution in [0.4, 0.5) is 0 Å². The highest BCUT2D eigenvalue weighted by Gasteiger charge is 2.13. The zero-order valence-corrected chi connectivity index (χ0v) is 23.3. The van der Waals surface area contributed by atoms with Gasteiger partial charge in [0, 0.05) is 27.6 Å². The zero-order chi connectivity index (χ0) is 28.9. The van der Waals surface area contributed by atoms with Crippen molar-refractivity contribution in [2.75, 3.05) is 0 Å². The van der Waals surface area contributed by atoms with Crippen LogP contribution in [0.3, 0.4) is 0 Å². The van der Waals surface area contributed by atoms with E-state index in [1.54, 1.807) is 6.20 Å². The number of hydrogen-bond acceptors (Lipinski definition) is 4. The van der Waals surface area contributed by atoms with E-state index in [0.717, 1.165) is 48.7 Å². The van der Waals surface area contributed by atoms with Crippen LogP contribution in [0.5, 0.6) is 0 Å². The number of allylic oxidation sites excluding steroid dienone is 2. The van der Waals surface area contributed by atoms with Crippen LogP contribution in [0.15, 0.2) is 124 Å². The number of aliphatic imine (C=N–C) groups is 3. The minimum atomic E-state index is 0.351. The van der Waals surface area contributed by atoms with Crippen LogP contribution in [-0.2, 0) is 6.54 Å². The molecule has 0 aliphatic rings. The van der Waals surface area contributed by atoms with Crippen LogP contribution in [0.2, 0.25) is 0 Å². The molecular formula is C36H28N6.